The minimum absolute atomic E-state index is 0.283. The molecule has 2 aromatic rings. The second-order valence-corrected chi connectivity index (χ2v) is 5.04. The highest BCUT2D eigenvalue weighted by Crippen LogP contribution is 2.20. The molecule has 5 heteroatoms. The van der Waals surface area contributed by atoms with E-state index < -0.39 is 0 Å². The lowest BCUT2D eigenvalue weighted by Gasteiger charge is -2.09. The lowest BCUT2D eigenvalue weighted by molar-refractivity contribution is 0.288. The summed E-state index contributed by atoms with van der Waals surface area (Å²) < 4.78 is 6.57. The van der Waals surface area contributed by atoms with Gasteiger partial charge in [0.15, 0.2) is 0 Å². The number of hydrogen-bond donors (Lipinski definition) is 0. The van der Waals surface area contributed by atoms with Gasteiger partial charge in [-0.25, -0.2) is 0 Å². The maximum atomic E-state index is 9.16. The van der Waals surface area contributed by atoms with Crippen LogP contribution in [0.3, 0.4) is 0 Å². The maximum Gasteiger partial charge on any atom is 0.252 e. The van der Waals surface area contributed by atoms with E-state index in [4.69, 9.17) is 10.00 Å². The summed E-state index contributed by atoms with van der Waals surface area (Å²) in [5.41, 5.74) is 2.99. The van der Waals surface area contributed by atoms with E-state index in [9.17, 15) is 0 Å². The van der Waals surface area contributed by atoms with Crippen molar-refractivity contribution in [3.8, 4) is 11.9 Å². The first kappa shape index (κ1) is 13.5. The first-order valence-electron chi connectivity index (χ1n) is 5.73. The summed E-state index contributed by atoms with van der Waals surface area (Å²) in [4.78, 5) is 0. The molecule has 0 fully saturated rings. The number of nitriles is 1. The minimum Gasteiger partial charge on any atom is -0.471 e. The first-order valence-corrected chi connectivity index (χ1v) is 6.52. The molecule has 0 saturated heterocycles. The van der Waals surface area contributed by atoms with Crippen LogP contribution in [0, 0.1) is 25.2 Å². The van der Waals surface area contributed by atoms with Crippen molar-refractivity contribution in [1.29, 1.82) is 5.26 Å². The Morgan fingerprint density at radius 3 is 2.79 bits per heavy atom. The van der Waals surface area contributed by atoms with Gasteiger partial charge in [-0.05, 0) is 37.1 Å². The molecule has 0 amide bonds. The summed E-state index contributed by atoms with van der Waals surface area (Å²) in [6.07, 6.45) is 0. The zero-order valence-electron chi connectivity index (χ0n) is 10.6. The lowest BCUT2D eigenvalue weighted by Crippen LogP contribution is -2.04. The summed E-state index contributed by atoms with van der Waals surface area (Å²) in [5, 5.41) is 17.1. The van der Waals surface area contributed by atoms with E-state index in [-0.39, 0.29) is 5.88 Å². The van der Waals surface area contributed by atoms with E-state index in [1.54, 1.807) is 0 Å². The van der Waals surface area contributed by atoms with E-state index >= 15 is 0 Å². The topological polar surface area (TPSA) is 58.8 Å². The van der Waals surface area contributed by atoms with Crippen molar-refractivity contribution in [3.05, 3.63) is 51.1 Å². The third kappa shape index (κ3) is 3.09. The number of nitrogens with zero attached hydrogens (tertiary/aromatic N) is 3. The fourth-order valence-corrected chi connectivity index (χ4v) is 2.04. The van der Waals surface area contributed by atoms with Crippen LogP contribution in [0.1, 0.15) is 22.4 Å². The summed E-state index contributed by atoms with van der Waals surface area (Å²) in [7, 11) is 0. The van der Waals surface area contributed by atoms with Crippen LogP contribution in [-0.2, 0) is 6.61 Å². The van der Waals surface area contributed by atoms with Gasteiger partial charge in [0.1, 0.15) is 18.2 Å². The van der Waals surface area contributed by atoms with Gasteiger partial charge in [0.25, 0.3) is 5.88 Å². The van der Waals surface area contributed by atoms with Crippen LogP contribution in [0.2, 0.25) is 0 Å². The van der Waals surface area contributed by atoms with E-state index in [1.165, 1.54) is 0 Å². The standard InChI is InChI=1S/C14H12BrN3O/c1-9-10(2)17-18-14(13(9)7-16)19-8-11-4-3-5-12(15)6-11/h3-6H,8H2,1-2H3. The van der Waals surface area contributed by atoms with Gasteiger partial charge in [0.2, 0.25) is 0 Å². The van der Waals surface area contributed by atoms with Gasteiger partial charge in [-0.1, -0.05) is 28.1 Å². The van der Waals surface area contributed by atoms with Crippen molar-refractivity contribution in [2.24, 2.45) is 0 Å². The van der Waals surface area contributed by atoms with Crippen molar-refractivity contribution in [2.75, 3.05) is 0 Å². The Labute approximate surface area is 120 Å². The molecule has 1 aromatic heterocycles. The van der Waals surface area contributed by atoms with Crippen molar-refractivity contribution in [2.45, 2.75) is 20.5 Å². The van der Waals surface area contributed by atoms with Gasteiger partial charge in [-0.2, -0.15) is 10.4 Å². The van der Waals surface area contributed by atoms with Crippen molar-refractivity contribution in [1.82, 2.24) is 10.2 Å². The molecule has 1 aromatic carbocycles. The van der Waals surface area contributed by atoms with Crippen molar-refractivity contribution < 1.29 is 4.74 Å². The Hall–Kier alpha value is -1.93. The fourth-order valence-electron chi connectivity index (χ4n) is 1.60. The van der Waals surface area contributed by atoms with Crippen molar-refractivity contribution >= 4 is 15.9 Å². The predicted molar refractivity (Wildman–Crippen MR) is 74.7 cm³/mol. The normalized spacial score (nSPS) is 10.0. The highest BCUT2D eigenvalue weighted by atomic mass is 79.9. The number of aromatic nitrogens is 2. The molecule has 4 nitrogen and oxygen atoms in total. The number of rotatable bonds is 3. The predicted octanol–water partition coefficient (Wildman–Crippen LogP) is 3.31. The van der Waals surface area contributed by atoms with E-state index in [2.05, 4.69) is 32.2 Å². The molecule has 0 aliphatic heterocycles. The SMILES string of the molecule is Cc1nnc(OCc2cccc(Br)c2)c(C#N)c1C. The molecular formula is C14H12BrN3O. The Bertz CT molecular complexity index is 650. The molecule has 0 aliphatic carbocycles. The van der Waals surface area contributed by atoms with Crippen LogP contribution in [-0.4, -0.2) is 10.2 Å². The molecule has 0 aliphatic rings. The summed E-state index contributed by atoms with van der Waals surface area (Å²) in [6, 6.07) is 9.90. The van der Waals surface area contributed by atoms with Gasteiger partial charge in [0.05, 0.1) is 5.69 Å². The molecule has 0 spiro atoms. The number of halogens is 1. The average Bonchev–Trinajstić information content (AvgIpc) is 2.40. The van der Waals surface area contributed by atoms with Gasteiger partial charge < -0.3 is 4.74 Å². The number of ether oxygens (including phenoxy) is 1. The maximum absolute atomic E-state index is 9.16. The molecule has 2 rings (SSSR count). The van der Waals surface area contributed by atoms with Crippen LogP contribution in [0.25, 0.3) is 0 Å². The average molecular weight is 318 g/mol. The number of hydrogen-bond acceptors (Lipinski definition) is 4. The number of benzene rings is 1. The van der Waals surface area contributed by atoms with Gasteiger partial charge in [-0.15, -0.1) is 5.10 Å². The Balaban J connectivity index is 2.21. The third-order valence-electron chi connectivity index (χ3n) is 2.80. The second kappa shape index (κ2) is 5.81. The summed E-state index contributed by atoms with van der Waals surface area (Å²) >= 11 is 3.40. The van der Waals surface area contributed by atoms with E-state index in [1.807, 2.05) is 38.1 Å². The van der Waals surface area contributed by atoms with Gasteiger partial charge in [-0.3, -0.25) is 0 Å². The quantitative estimate of drug-likeness (QED) is 0.871. The molecule has 19 heavy (non-hydrogen) atoms. The highest BCUT2D eigenvalue weighted by molar-refractivity contribution is 9.10. The summed E-state index contributed by atoms with van der Waals surface area (Å²) in [5.74, 6) is 0.283. The molecular weight excluding hydrogens is 306 g/mol. The lowest BCUT2D eigenvalue weighted by atomic mass is 10.1. The monoisotopic (exact) mass is 317 g/mol. The highest BCUT2D eigenvalue weighted by Gasteiger charge is 2.12. The van der Waals surface area contributed by atoms with Gasteiger partial charge in [0, 0.05) is 4.47 Å². The van der Waals surface area contributed by atoms with Crippen LogP contribution in [0.5, 0.6) is 5.88 Å². The Morgan fingerprint density at radius 1 is 1.32 bits per heavy atom. The number of aryl methyl sites for hydroxylation is 1. The molecule has 0 atom stereocenters. The smallest absolute Gasteiger partial charge is 0.252 e. The van der Waals surface area contributed by atoms with E-state index in [0.717, 1.165) is 21.3 Å². The Kier molecular flexibility index (Phi) is 4.13. The largest absolute Gasteiger partial charge is 0.471 e. The molecule has 1 heterocycles. The zero-order chi connectivity index (χ0) is 13.8. The van der Waals surface area contributed by atoms with Crippen LogP contribution >= 0.6 is 15.9 Å². The molecule has 0 radical (unpaired) electrons. The van der Waals surface area contributed by atoms with Gasteiger partial charge >= 0.3 is 0 Å². The molecule has 0 bridgehead atoms. The molecule has 96 valence electrons. The molecule has 0 unspecified atom stereocenters. The van der Waals surface area contributed by atoms with Crippen molar-refractivity contribution in [3.63, 3.8) is 0 Å². The van der Waals surface area contributed by atoms with Crippen LogP contribution in [0.4, 0.5) is 0 Å². The Morgan fingerprint density at radius 2 is 2.11 bits per heavy atom. The molecule has 0 saturated carbocycles. The third-order valence-corrected chi connectivity index (χ3v) is 3.29. The summed E-state index contributed by atoms with van der Waals surface area (Å²) in [6.45, 7) is 4.01. The van der Waals surface area contributed by atoms with Crippen LogP contribution in [0.15, 0.2) is 28.7 Å². The fraction of sp³-hybridized carbons (Fsp3) is 0.214. The zero-order valence-corrected chi connectivity index (χ0v) is 12.2. The minimum atomic E-state index is 0.283. The molecule has 0 N–H and O–H groups in total. The second-order valence-electron chi connectivity index (χ2n) is 4.12. The van der Waals surface area contributed by atoms with Crippen LogP contribution < -0.4 is 4.74 Å². The van der Waals surface area contributed by atoms with E-state index in [0.29, 0.717) is 12.2 Å². The first-order chi connectivity index (χ1) is 9.11.